The van der Waals surface area contributed by atoms with E-state index < -0.39 is 0 Å². The lowest BCUT2D eigenvalue weighted by Gasteiger charge is -2.07. The molecular formula is C16H26O4. The lowest BCUT2D eigenvalue weighted by atomic mass is 9.99. The third-order valence-electron chi connectivity index (χ3n) is 2.61. The second kappa shape index (κ2) is 14.0. The summed E-state index contributed by atoms with van der Waals surface area (Å²) >= 11 is 0. The molecule has 4 nitrogen and oxygen atoms in total. The van der Waals surface area contributed by atoms with E-state index in [-0.39, 0.29) is 5.97 Å². The predicted octanol–water partition coefficient (Wildman–Crippen LogP) is 3.25. The number of hydrogen-bond acceptors (Lipinski definition) is 4. The van der Waals surface area contributed by atoms with Gasteiger partial charge in [0.25, 0.3) is 0 Å². The van der Waals surface area contributed by atoms with E-state index in [2.05, 4.69) is 12.7 Å². The van der Waals surface area contributed by atoms with Gasteiger partial charge in [-0.05, 0) is 25.2 Å². The zero-order valence-electron chi connectivity index (χ0n) is 12.5. The van der Waals surface area contributed by atoms with E-state index in [9.17, 15) is 4.79 Å². The van der Waals surface area contributed by atoms with Gasteiger partial charge in [0.15, 0.2) is 0 Å². The number of esters is 1. The number of allylic oxidation sites excluding steroid dienone is 3. The van der Waals surface area contributed by atoms with Crippen LogP contribution in [0.1, 0.15) is 26.2 Å². The molecule has 0 spiro atoms. The highest BCUT2D eigenvalue weighted by Crippen LogP contribution is 2.13. The molecule has 0 saturated heterocycles. The smallest absolute Gasteiger partial charge is 0.302 e. The fourth-order valence-corrected chi connectivity index (χ4v) is 1.53. The average Bonchev–Trinajstić information content (AvgIpc) is 2.43. The first-order valence-corrected chi connectivity index (χ1v) is 6.83. The summed E-state index contributed by atoms with van der Waals surface area (Å²) in [5.74, 6) is 0.200. The molecule has 4 heteroatoms. The van der Waals surface area contributed by atoms with E-state index in [1.165, 1.54) is 6.92 Å². The summed E-state index contributed by atoms with van der Waals surface area (Å²) in [5, 5.41) is 0. The van der Waals surface area contributed by atoms with Crippen LogP contribution in [0, 0.1) is 5.92 Å². The zero-order chi connectivity index (χ0) is 15.1. The summed E-state index contributed by atoms with van der Waals surface area (Å²) in [6.07, 6.45) is 12.9. The SMILES string of the molecule is C=CC(C/C=C/COCOC)CC/C=C/COC(C)=O. The van der Waals surface area contributed by atoms with Crippen LogP contribution in [0.15, 0.2) is 37.0 Å². The Kier molecular flexibility index (Phi) is 13.1. The predicted molar refractivity (Wildman–Crippen MR) is 80.3 cm³/mol. The summed E-state index contributed by atoms with van der Waals surface area (Å²) in [5.41, 5.74) is 0. The minimum Gasteiger partial charge on any atom is -0.462 e. The number of ether oxygens (including phenoxy) is 3. The molecule has 0 aliphatic rings. The van der Waals surface area contributed by atoms with Gasteiger partial charge in [-0.3, -0.25) is 4.79 Å². The van der Waals surface area contributed by atoms with Crippen LogP contribution < -0.4 is 0 Å². The Bertz CT molecular complexity index is 308. The number of methoxy groups -OCH3 is 1. The summed E-state index contributed by atoms with van der Waals surface area (Å²) in [6, 6.07) is 0. The van der Waals surface area contributed by atoms with Gasteiger partial charge in [-0.25, -0.2) is 0 Å². The minimum absolute atomic E-state index is 0.251. The second-order valence-corrected chi connectivity index (χ2v) is 4.33. The largest absolute Gasteiger partial charge is 0.462 e. The Labute approximate surface area is 122 Å². The first kappa shape index (κ1) is 18.6. The number of carbonyl (C=O) groups excluding carboxylic acids is 1. The Hall–Kier alpha value is -1.39. The van der Waals surface area contributed by atoms with Crippen molar-refractivity contribution in [2.24, 2.45) is 5.92 Å². The second-order valence-electron chi connectivity index (χ2n) is 4.33. The molecule has 0 N–H and O–H groups in total. The topological polar surface area (TPSA) is 44.8 Å². The van der Waals surface area contributed by atoms with Gasteiger partial charge in [-0.2, -0.15) is 0 Å². The van der Waals surface area contributed by atoms with Crippen LogP contribution in [0.5, 0.6) is 0 Å². The molecule has 0 saturated carbocycles. The number of rotatable bonds is 12. The molecule has 0 aromatic rings. The molecule has 0 amide bonds. The highest BCUT2D eigenvalue weighted by molar-refractivity contribution is 5.65. The molecule has 0 bridgehead atoms. The zero-order valence-corrected chi connectivity index (χ0v) is 12.5. The fourth-order valence-electron chi connectivity index (χ4n) is 1.53. The maximum atomic E-state index is 10.5. The van der Waals surface area contributed by atoms with Crippen LogP contribution in [0.3, 0.4) is 0 Å². The Balaban J connectivity index is 3.65. The van der Waals surface area contributed by atoms with Crippen molar-refractivity contribution in [1.82, 2.24) is 0 Å². The highest BCUT2D eigenvalue weighted by Gasteiger charge is 1.99. The maximum absolute atomic E-state index is 10.5. The van der Waals surface area contributed by atoms with Crippen LogP contribution in [0.25, 0.3) is 0 Å². The van der Waals surface area contributed by atoms with Crippen molar-refractivity contribution in [3.63, 3.8) is 0 Å². The van der Waals surface area contributed by atoms with E-state index >= 15 is 0 Å². The first-order chi connectivity index (χ1) is 9.70. The van der Waals surface area contributed by atoms with Gasteiger partial charge in [0.05, 0.1) is 6.61 Å². The molecule has 0 heterocycles. The van der Waals surface area contributed by atoms with Crippen LogP contribution in [0.2, 0.25) is 0 Å². The molecule has 0 fully saturated rings. The van der Waals surface area contributed by atoms with Gasteiger partial charge in [0, 0.05) is 14.0 Å². The standard InChI is InChI=1S/C16H26O4/c1-4-16(11-7-9-12-19-14-18-3)10-6-5-8-13-20-15(2)17/h4-5,7-9,16H,1,6,10-14H2,2-3H3/b8-5+,9-7+. The maximum Gasteiger partial charge on any atom is 0.302 e. The minimum atomic E-state index is -0.251. The molecule has 1 unspecified atom stereocenters. The molecule has 0 aliphatic carbocycles. The van der Waals surface area contributed by atoms with E-state index in [1.807, 2.05) is 24.3 Å². The Morgan fingerprint density at radius 3 is 2.60 bits per heavy atom. The van der Waals surface area contributed by atoms with Gasteiger partial charge in [-0.15, -0.1) is 6.58 Å². The van der Waals surface area contributed by atoms with Crippen molar-refractivity contribution in [3.05, 3.63) is 37.0 Å². The van der Waals surface area contributed by atoms with Gasteiger partial charge in [0.1, 0.15) is 13.4 Å². The van der Waals surface area contributed by atoms with E-state index in [4.69, 9.17) is 14.2 Å². The van der Waals surface area contributed by atoms with Crippen molar-refractivity contribution >= 4 is 5.97 Å². The normalized spacial score (nSPS) is 12.9. The van der Waals surface area contributed by atoms with Crippen molar-refractivity contribution in [3.8, 4) is 0 Å². The van der Waals surface area contributed by atoms with Crippen molar-refractivity contribution in [2.45, 2.75) is 26.2 Å². The van der Waals surface area contributed by atoms with Gasteiger partial charge >= 0.3 is 5.97 Å². The van der Waals surface area contributed by atoms with E-state index in [0.29, 0.717) is 25.9 Å². The van der Waals surface area contributed by atoms with Crippen LogP contribution >= 0.6 is 0 Å². The molecular weight excluding hydrogens is 256 g/mol. The summed E-state index contributed by atoms with van der Waals surface area (Å²) in [7, 11) is 1.60. The van der Waals surface area contributed by atoms with Gasteiger partial charge < -0.3 is 14.2 Å². The molecule has 20 heavy (non-hydrogen) atoms. The van der Waals surface area contributed by atoms with E-state index in [1.54, 1.807) is 7.11 Å². The quantitative estimate of drug-likeness (QED) is 0.238. The molecule has 114 valence electrons. The highest BCUT2D eigenvalue weighted by atomic mass is 16.7. The van der Waals surface area contributed by atoms with Crippen molar-refractivity contribution in [2.75, 3.05) is 27.1 Å². The average molecular weight is 282 g/mol. The third kappa shape index (κ3) is 13.1. The molecule has 0 aliphatic heterocycles. The van der Waals surface area contributed by atoms with Crippen molar-refractivity contribution in [1.29, 1.82) is 0 Å². The lowest BCUT2D eigenvalue weighted by molar-refractivity contribution is -0.139. The lowest BCUT2D eigenvalue weighted by Crippen LogP contribution is -1.98. The van der Waals surface area contributed by atoms with Crippen LogP contribution in [-0.2, 0) is 19.0 Å². The summed E-state index contributed by atoms with van der Waals surface area (Å²) in [6.45, 7) is 6.50. The van der Waals surface area contributed by atoms with E-state index in [0.717, 1.165) is 19.3 Å². The van der Waals surface area contributed by atoms with Crippen molar-refractivity contribution < 1.29 is 19.0 Å². The Morgan fingerprint density at radius 1 is 1.20 bits per heavy atom. The number of hydrogen-bond donors (Lipinski definition) is 0. The number of carbonyl (C=O) groups is 1. The molecule has 0 rings (SSSR count). The summed E-state index contributed by atoms with van der Waals surface area (Å²) in [4.78, 5) is 10.5. The monoisotopic (exact) mass is 282 g/mol. The third-order valence-corrected chi connectivity index (χ3v) is 2.61. The fraction of sp³-hybridized carbons (Fsp3) is 0.562. The summed E-state index contributed by atoms with van der Waals surface area (Å²) < 4.78 is 14.7. The molecule has 0 aromatic heterocycles. The molecule has 1 atom stereocenters. The van der Waals surface area contributed by atoms with Gasteiger partial charge in [-0.1, -0.05) is 30.4 Å². The van der Waals surface area contributed by atoms with Crippen LogP contribution in [0.4, 0.5) is 0 Å². The first-order valence-electron chi connectivity index (χ1n) is 6.83. The Morgan fingerprint density at radius 2 is 1.95 bits per heavy atom. The molecule has 0 radical (unpaired) electrons. The van der Waals surface area contributed by atoms with Crippen LogP contribution in [-0.4, -0.2) is 33.1 Å². The van der Waals surface area contributed by atoms with Gasteiger partial charge in [0.2, 0.25) is 0 Å². The molecule has 0 aromatic carbocycles.